The third-order valence-corrected chi connectivity index (χ3v) is 3.60. The van der Waals surface area contributed by atoms with Crippen LogP contribution in [0.2, 0.25) is 0 Å². The van der Waals surface area contributed by atoms with Gasteiger partial charge in [-0.25, -0.2) is 4.98 Å². The van der Waals surface area contributed by atoms with Crippen LogP contribution >= 0.6 is 11.3 Å². The molecule has 2 rings (SSSR count). The fourth-order valence-corrected chi connectivity index (χ4v) is 2.62. The predicted molar refractivity (Wildman–Crippen MR) is 59.2 cm³/mol. The molecule has 0 aliphatic heterocycles. The summed E-state index contributed by atoms with van der Waals surface area (Å²) in [5, 5.41) is 11.3. The van der Waals surface area contributed by atoms with Crippen molar-refractivity contribution in [2.75, 3.05) is 7.11 Å². The van der Waals surface area contributed by atoms with Crippen molar-refractivity contribution < 1.29 is 14.6 Å². The summed E-state index contributed by atoms with van der Waals surface area (Å²) in [6.07, 6.45) is 2.30. The minimum atomic E-state index is -1.06. The fraction of sp³-hybridized carbons (Fsp3) is 0.600. The number of nitrogens with zero attached hydrogens (tertiary/aromatic N) is 1. The van der Waals surface area contributed by atoms with Crippen molar-refractivity contribution in [1.29, 1.82) is 0 Å². The van der Waals surface area contributed by atoms with E-state index in [9.17, 15) is 4.79 Å². The first kappa shape index (κ1) is 11.5. The van der Waals surface area contributed by atoms with Crippen molar-refractivity contribution in [2.45, 2.75) is 25.0 Å². The zero-order chi connectivity index (χ0) is 11.7. The number of carbonyl (C=O) groups is 1. The highest BCUT2D eigenvalue weighted by Gasteiger charge is 2.34. The molecule has 16 heavy (non-hydrogen) atoms. The molecule has 0 amide bonds. The van der Waals surface area contributed by atoms with E-state index in [4.69, 9.17) is 15.6 Å². The van der Waals surface area contributed by atoms with Crippen LogP contribution in [0.4, 0.5) is 0 Å². The highest BCUT2D eigenvalue weighted by Crippen LogP contribution is 2.43. The molecule has 5 nitrogen and oxygen atoms in total. The molecule has 88 valence electrons. The van der Waals surface area contributed by atoms with E-state index >= 15 is 0 Å². The van der Waals surface area contributed by atoms with Gasteiger partial charge in [-0.05, 0) is 18.8 Å². The first-order chi connectivity index (χ1) is 7.63. The lowest BCUT2D eigenvalue weighted by Crippen LogP contribution is -2.21. The standard InChI is InChI=1S/C10H14N2O3S/c1-15-8(5-2-3-5)9-12-6(4-16-9)7(11)10(13)14/h4-5,7-8H,2-3,11H2,1H3,(H,13,14). The summed E-state index contributed by atoms with van der Waals surface area (Å²) in [5.74, 6) is -0.526. The van der Waals surface area contributed by atoms with Crippen LogP contribution < -0.4 is 5.73 Å². The number of aliphatic carboxylic acids is 1. The lowest BCUT2D eigenvalue weighted by Gasteiger charge is -2.10. The molecular weight excluding hydrogens is 228 g/mol. The van der Waals surface area contributed by atoms with Crippen molar-refractivity contribution in [2.24, 2.45) is 11.7 Å². The van der Waals surface area contributed by atoms with Crippen LogP contribution in [0.15, 0.2) is 5.38 Å². The van der Waals surface area contributed by atoms with Crippen molar-refractivity contribution in [3.8, 4) is 0 Å². The molecule has 1 aromatic heterocycles. The van der Waals surface area contributed by atoms with E-state index in [1.54, 1.807) is 12.5 Å². The summed E-state index contributed by atoms with van der Waals surface area (Å²) in [7, 11) is 1.65. The molecule has 1 aromatic rings. The molecule has 0 saturated heterocycles. The van der Waals surface area contributed by atoms with Gasteiger partial charge in [-0.3, -0.25) is 4.79 Å². The van der Waals surface area contributed by atoms with E-state index in [1.807, 2.05) is 0 Å². The van der Waals surface area contributed by atoms with Crippen molar-refractivity contribution in [3.63, 3.8) is 0 Å². The Morgan fingerprint density at radius 1 is 1.75 bits per heavy atom. The number of carboxylic acids is 1. The summed E-state index contributed by atoms with van der Waals surface area (Å²) < 4.78 is 5.37. The van der Waals surface area contributed by atoms with Gasteiger partial charge < -0.3 is 15.6 Å². The van der Waals surface area contributed by atoms with E-state index in [0.29, 0.717) is 11.6 Å². The molecule has 3 N–H and O–H groups in total. The number of rotatable bonds is 5. The number of methoxy groups -OCH3 is 1. The first-order valence-electron chi connectivity index (χ1n) is 5.10. The zero-order valence-corrected chi connectivity index (χ0v) is 9.74. The van der Waals surface area contributed by atoms with Gasteiger partial charge >= 0.3 is 5.97 Å². The van der Waals surface area contributed by atoms with Gasteiger partial charge in [0, 0.05) is 12.5 Å². The second-order valence-corrected chi connectivity index (χ2v) is 4.81. The highest BCUT2D eigenvalue weighted by atomic mass is 32.1. The minimum absolute atomic E-state index is 0.000236. The van der Waals surface area contributed by atoms with Gasteiger partial charge in [-0.2, -0.15) is 0 Å². The molecule has 0 bridgehead atoms. The van der Waals surface area contributed by atoms with Crippen molar-refractivity contribution in [3.05, 3.63) is 16.1 Å². The van der Waals surface area contributed by atoms with Gasteiger partial charge in [0.05, 0.1) is 5.69 Å². The number of nitrogens with two attached hydrogens (primary N) is 1. The smallest absolute Gasteiger partial charge is 0.326 e. The molecule has 6 heteroatoms. The Morgan fingerprint density at radius 3 is 2.94 bits per heavy atom. The molecule has 0 spiro atoms. The highest BCUT2D eigenvalue weighted by molar-refractivity contribution is 7.09. The number of thiazole rings is 1. The summed E-state index contributed by atoms with van der Waals surface area (Å²) in [6.45, 7) is 0. The van der Waals surface area contributed by atoms with Crippen LogP contribution in [0.3, 0.4) is 0 Å². The fourth-order valence-electron chi connectivity index (χ4n) is 1.59. The number of hydrogen-bond donors (Lipinski definition) is 2. The average molecular weight is 242 g/mol. The molecule has 1 fully saturated rings. The number of hydrogen-bond acceptors (Lipinski definition) is 5. The maximum atomic E-state index is 10.7. The molecule has 2 atom stereocenters. The van der Waals surface area contributed by atoms with Crippen molar-refractivity contribution in [1.82, 2.24) is 4.98 Å². The van der Waals surface area contributed by atoms with Gasteiger partial charge in [0.25, 0.3) is 0 Å². The molecule has 0 radical (unpaired) electrons. The largest absolute Gasteiger partial charge is 0.480 e. The monoisotopic (exact) mass is 242 g/mol. The number of ether oxygens (including phenoxy) is 1. The van der Waals surface area contributed by atoms with E-state index in [0.717, 1.165) is 17.8 Å². The Balaban J connectivity index is 2.14. The quantitative estimate of drug-likeness (QED) is 0.813. The van der Waals surface area contributed by atoms with Gasteiger partial charge in [0.15, 0.2) is 0 Å². The lowest BCUT2D eigenvalue weighted by atomic mass is 10.2. The number of aromatic nitrogens is 1. The third-order valence-electron chi connectivity index (χ3n) is 2.67. The SMILES string of the molecule is COC(c1nc(C(N)C(=O)O)cs1)C1CC1. The van der Waals surface area contributed by atoms with Crippen LogP contribution in [0.25, 0.3) is 0 Å². The molecule has 1 aliphatic carbocycles. The lowest BCUT2D eigenvalue weighted by molar-refractivity contribution is -0.138. The molecular formula is C10H14N2O3S. The maximum Gasteiger partial charge on any atom is 0.326 e. The van der Waals surface area contributed by atoms with Gasteiger partial charge in [0.2, 0.25) is 0 Å². The maximum absolute atomic E-state index is 10.7. The number of carboxylic acid groups (broad SMARTS) is 1. The van der Waals surface area contributed by atoms with Crippen LogP contribution in [-0.2, 0) is 9.53 Å². The van der Waals surface area contributed by atoms with Gasteiger partial charge in [-0.1, -0.05) is 0 Å². The molecule has 1 saturated carbocycles. The van der Waals surface area contributed by atoms with Gasteiger partial charge in [-0.15, -0.1) is 11.3 Å². The Kier molecular flexibility index (Phi) is 3.22. The molecule has 1 heterocycles. The van der Waals surface area contributed by atoms with E-state index in [-0.39, 0.29) is 6.10 Å². The summed E-state index contributed by atoms with van der Waals surface area (Å²) in [5.41, 5.74) is 5.90. The van der Waals surface area contributed by atoms with Crippen LogP contribution in [0.5, 0.6) is 0 Å². The second kappa shape index (κ2) is 4.48. The Bertz CT molecular complexity index is 389. The Hall–Kier alpha value is -0.980. The van der Waals surface area contributed by atoms with Gasteiger partial charge in [0.1, 0.15) is 17.2 Å². The second-order valence-electron chi connectivity index (χ2n) is 3.92. The molecule has 0 aromatic carbocycles. The summed E-state index contributed by atoms with van der Waals surface area (Å²) in [6, 6.07) is -1.04. The molecule has 1 aliphatic rings. The molecule has 2 unspecified atom stereocenters. The van der Waals surface area contributed by atoms with Crippen LogP contribution in [-0.4, -0.2) is 23.2 Å². The topological polar surface area (TPSA) is 85.4 Å². The van der Waals surface area contributed by atoms with E-state index in [2.05, 4.69) is 4.98 Å². The Morgan fingerprint density at radius 2 is 2.44 bits per heavy atom. The van der Waals surface area contributed by atoms with E-state index in [1.165, 1.54) is 11.3 Å². The van der Waals surface area contributed by atoms with Crippen molar-refractivity contribution >= 4 is 17.3 Å². The van der Waals surface area contributed by atoms with Crippen LogP contribution in [0.1, 0.15) is 35.7 Å². The predicted octanol–water partition coefficient (Wildman–Crippen LogP) is 1.33. The van der Waals surface area contributed by atoms with E-state index < -0.39 is 12.0 Å². The summed E-state index contributed by atoms with van der Waals surface area (Å²) >= 11 is 1.42. The van der Waals surface area contributed by atoms with Crippen LogP contribution in [0, 0.1) is 5.92 Å². The minimum Gasteiger partial charge on any atom is -0.480 e. The third kappa shape index (κ3) is 2.23. The average Bonchev–Trinajstić information content (AvgIpc) is 2.96. The first-order valence-corrected chi connectivity index (χ1v) is 5.98. The Labute approximate surface area is 97.2 Å². The normalized spacial score (nSPS) is 19.4. The zero-order valence-electron chi connectivity index (χ0n) is 8.92. The summed E-state index contributed by atoms with van der Waals surface area (Å²) in [4.78, 5) is 15.0.